The van der Waals surface area contributed by atoms with E-state index in [2.05, 4.69) is 10.2 Å². The quantitative estimate of drug-likeness (QED) is 0.765. The molecule has 2 N–H and O–H groups in total. The number of carboxylic acids is 1. The Morgan fingerprint density at radius 3 is 2.54 bits per heavy atom. The predicted molar refractivity (Wildman–Crippen MR) is 102 cm³/mol. The van der Waals surface area contributed by atoms with Crippen molar-refractivity contribution in [2.24, 2.45) is 5.92 Å². The molecule has 2 amide bonds. The van der Waals surface area contributed by atoms with Crippen LogP contribution < -0.4 is 5.32 Å². The molecule has 8 heteroatoms. The highest BCUT2D eigenvalue weighted by atomic mass is 16.4. The summed E-state index contributed by atoms with van der Waals surface area (Å²) in [5, 5.41) is 11.9. The summed E-state index contributed by atoms with van der Waals surface area (Å²) in [5.74, 6) is -0.286. The fourth-order valence-corrected chi connectivity index (χ4v) is 4.34. The minimum absolute atomic E-state index is 0.0152. The minimum Gasteiger partial charge on any atom is -0.475 e. The van der Waals surface area contributed by atoms with Crippen LogP contribution in [0.3, 0.4) is 0 Å². The lowest BCUT2D eigenvalue weighted by Crippen LogP contribution is -2.72. The van der Waals surface area contributed by atoms with Gasteiger partial charge in [0.1, 0.15) is 17.3 Å². The number of carboxylic acid groups (broad SMARTS) is 1. The topological polar surface area (TPSA) is 103 Å². The number of hydrogen-bond acceptors (Lipinski definition) is 5. The van der Waals surface area contributed by atoms with Crippen LogP contribution in [0.1, 0.15) is 56.3 Å². The van der Waals surface area contributed by atoms with Crippen LogP contribution in [-0.4, -0.2) is 63.9 Å². The first-order chi connectivity index (χ1) is 13.3. The van der Waals surface area contributed by atoms with E-state index in [1.165, 1.54) is 6.07 Å². The van der Waals surface area contributed by atoms with Crippen LogP contribution >= 0.6 is 0 Å². The number of nitrogens with zero attached hydrogens (tertiary/aromatic N) is 2. The highest BCUT2D eigenvalue weighted by Gasteiger charge is 2.52. The fraction of sp³-hybridized carbons (Fsp3) is 0.650. The Kier molecular flexibility index (Phi) is 5.79. The third-order valence-electron chi connectivity index (χ3n) is 5.77. The zero-order chi connectivity index (χ0) is 20.5. The van der Waals surface area contributed by atoms with Gasteiger partial charge >= 0.3 is 5.97 Å². The molecule has 0 aliphatic carbocycles. The van der Waals surface area contributed by atoms with Crippen molar-refractivity contribution in [3.05, 3.63) is 23.7 Å². The SMILES string of the molecule is CCN1C(=O)C(CC(C)C)NC(=O)C12CCN(Cc1ccc(C(=O)O)o1)CC2. The first-order valence-electron chi connectivity index (χ1n) is 9.93. The van der Waals surface area contributed by atoms with E-state index >= 15 is 0 Å². The summed E-state index contributed by atoms with van der Waals surface area (Å²) >= 11 is 0. The largest absolute Gasteiger partial charge is 0.475 e. The lowest BCUT2D eigenvalue weighted by Gasteiger charge is -2.51. The Balaban J connectivity index is 1.67. The molecule has 0 saturated carbocycles. The number of amides is 2. The molecule has 2 saturated heterocycles. The molecule has 2 aliphatic rings. The summed E-state index contributed by atoms with van der Waals surface area (Å²) in [5.41, 5.74) is -0.787. The summed E-state index contributed by atoms with van der Waals surface area (Å²) in [6.07, 6.45) is 1.76. The van der Waals surface area contributed by atoms with Crippen molar-refractivity contribution >= 4 is 17.8 Å². The third-order valence-corrected chi connectivity index (χ3v) is 5.77. The zero-order valence-corrected chi connectivity index (χ0v) is 16.7. The number of aromatic carboxylic acids is 1. The van der Waals surface area contributed by atoms with Gasteiger partial charge in [-0.05, 0) is 44.2 Å². The molecule has 0 aromatic carbocycles. The highest BCUT2D eigenvalue weighted by molar-refractivity contribution is 6.00. The summed E-state index contributed by atoms with van der Waals surface area (Å²) < 4.78 is 5.33. The number of nitrogens with one attached hydrogen (secondary N) is 1. The standard InChI is InChI=1S/C20H29N3O5/c1-4-23-17(24)15(11-13(2)3)21-19(27)20(23)7-9-22(10-8-20)12-14-5-6-16(28-14)18(25)26/h5-6,13,15H,4,7-12H2,1-3H3,(H,21,27)(H,25,26). The van der Waals surface area contributed by atoms with Crippen molar-refractivity contribution in [3.63, 3.8) is 0 Å². The molecule has 28 heavy (non-hydrogen) atoms. The Morgan fingerprint density at radius 2 is 2.00 bits per heavy atom. The molecule has 1 spiro atoms. The number of piperazine rings is 1. The van der Waals surface area contributed by atoms with Gasteiger partial charge in [-0.2, -0.15) is 0 Å². The molecule has 2 aliphatic heterocycles. The molecule has 3 rings (SSSR count). The van der Waals surface area contributed by atoms with Crippen molar-refractivity contribution in [1.82, 2.24) is 15.1 Å². The van der Waals surface area contributed by atoms with E-state index in [0.717, 1.165) is 0 Å². The predicted octanol–water partition coefficient (Wildman–Crippen LogP) is 1.71. The fourth-order valence-electron chi connectivity index (χ4n) is 4.34. The smallest absolute Gasteiger partial charge is 0.371 e. The number of carbonyl (C=O) groups is 3. The molecule has 0 radical (unpaired) electrons. The molecule has 154 valence electrons. The monoisotopic (exact) mass is 391 g/mol. The second-order valence-electron chi connectivity index (χ2n) is 8.12. The maximum Gasteiger partial charge on any atom is 0.371 e. The van der Waals surface area contributed by atoms with Crippen LogP contribution in [0.25, 0.3) is 0 Å². The lowest BCUT2D eigenvalue weighted by atomic mass is 9.81. The summed E-state index contributed by atoms with van der Waals surface area (Å²) in [4.78, 5) is 40.8. The van der Waals surface area contributed by atoms with Crippen LogP contribution in [0.5, 0.6) is 0 Å². The maximum absolute atomic E-state index is 13.0. The van der Waals surface area contributed by atoms with Crippen LogP contribution in [0.15, 0.2) is 16.5 Å². The van der Waals surface area contributed by atoms with Gasteiger partial charge in [0.15, 0.2) is 0 Å². The van der Waals surface area contributed by atoms with Crippen LogP contribution in [0, 0.1) is 5.92 Å². The number of likely N-dealkylation sites (tertiary alicyclic amines) is 1. The van der Waals surface area contributed by atoms with Crippen LogP contribution in [0.4, 0.5) is 0 Å². The van der Waals surface area contributed by atoms with E-state index < -0.39 is 17.6 Å². The van der Waals surface area contributed by atoms with Gasteiger partial charge in [0.05, 0.1) is 6.54 Å². The summed E-state index contributed by atoms with van der Waals surface area (Å²) in [7, 11) is 0. The van der Waals surface area contributed by atoms with Crippen molar-refractivity contribution < 1.29 is 23.9 Å². The van der Waals surface area contributed by atoms with Crippen molar-refractivity contribution in [1.29, 1.82) is 0 Å². The molecule has 0 bridgehead atoms. The Morgan fingerprint density at radius 1 is 1.32 bits per heavy atom. The highest BCUT2D eigenvalue weighted by Crippen LogP contribution is 2.34. The molecular weight excluding hydrogens is 362 g/mol. The van der Waals surface area contributed by atoms with Gasteiger partial charge in [0, 0.05) is 19.6 Å². The Labute approximate surface area is 164 Å². The van der Waals surface area contributed by atoms with Gasteiger partial charge in [0.2, 0.25) is 17.6 Å². The molecule has 1 unspecified atom stereocenters. The zero-order valence-electron chi connectivity index (χ0n) is 16.7. The third kappa shape index (κ3) is 3.78. The number of hydrogen-bond donors (Lipinski definition) is 2. The first-order valence-corrected chi connectivity index (χ1v) is 9.93. The average Bonchev–Trinajstić information content (AvgIpc) is 3.10. The van der Waals surface area contributed by atoms with Gasteiger partial charge in [-0.15, -0.1) is 0 Å². The van der Waals surface area contributed by atoms with Crippen molar-refractivity contribution in [3.8, 4) is 0 Å². The Hall–Kier alpha value is -2.35. The molecular formula is C20H29N3O5. The average molecular weight is 391 g/mol. The molecule has 2 fully saturated rings. The Bertz CT molecular complexity index is 749. The van der Waals surface area contributed by atoms with Crippen LogP contribution in [-0.2, 0) is 16.1 Å². The second-order valence-corrected chi connectivity index (χ2v) is 8.12. The van der Waals surface area contributed by atoms with Crippen molar-refractivity contribution in [2.45, 2.75) is 58.2 Å². The number of rotatable bonds is 6. The van der Waals surface area contributed by atoms with Crippen LogP contribution in [0.2, 0.25) is 0 Å². The summed E-state index contributed by atoms with van der Waals surface area (Å²) in [6, 6.07) is 2.68. The van der Waals surface area contributed by atoms with E-state index in [1.807, 2.05) is 20.8 Å². The van der Waals surface area contributed by atoms with E-state index in [0.29, 0.717) is 57.1 Å². The molecule has 1 aromatic rings. The normalized spacial score (nSPS) is 22.7. The van der Waals surface area contributed by atoms with E-state index in [1.54, 1.807) is 11.0 Å². The first kappa shape index (κ1) is 20.4. The molecule has 3 heterocycles. The van der Waals surface area contributed by atoms with Gasteiger partial charge in [-0.25, -0.2) is 4.79 Å². The number of likely N-dealkylation sites (N-methyl/N-ethyl adjacent to an activating group) is 1. The van der Waals surface area contributed by atoms with Gasteiger partial charge in [-0.1, -0.05) is 13.8 Å². The van der Waals surface area contributed by atoms with E-state index in [9.17, 15) is 14.4 Å². The molecule has 1 aromatic heterocycles. The minimum atomic E-state index is -1.09. The second kappa shape index (κ2) is 7.95. The number of carbonyl (C=O) groups excluding carboxylic acids is 2. The van der Waals surface area contributed by atoms with E-state index in [4.69, 9.17) is 9.52 Å². The van der Waals surface area contributed by atoms with E-state index in [-0.39, 0.29) is 17.6 Å². The molecule has 8 nitrogen and oxygen atoms in total. The number of piperidine rings is 1. The molecule has 1 atom stereocenters. The lowest BCUT2D eigenvalue weighted by molar-refractivity contribution is -0.161. The van der Waals surface area contributed by atoms with Crippen molar-refractivity contribution in [2.75, 3.05) is 19.6 Å². The van der Waals surface area contributed by atoms with Gasteiger partial charge < -0.3 is 19.7 Å². The maximum atomic E-state index is 13.0. The number of furan rings is 1. The summed E-state index contributed by atoms with van der Waals surface area (Å²) in [6.45, 7) is 8.28. The van der Waals surface area contributed by atoms with Gasteiger partial charge in [0.25, 0.3) is 0 Å². The van der Waals surface area contributed by atoms with Gasteiger partial charge in [-0.3, -0.25) is 14.5 Å².